The molecule has 8 nitrogen and oxygen atoms in total. The van der Waals surface area contributed by atoms with Crippen molar-refractivity contribution in [2.24, 2.45) is 0 Å². The molecule has 0 saturated carbocycles. The maximum absolute atomic E-state index is 14.5. The Hall–Kier alpha value is -4.26. The number of ketones is 1. The van der Waals surface area contributed by atoms with E-state index in [4.69, 9.17) is 4.74 Å². The molecular formula is C32H23BrFN3O5S2. The molecule has 0 radical (unpaired) electrons. The molecule has 2 N–H and O–H groups in total. The quantitative estimate of drug-likeness (QED) is 0.0592. The van der Waals surface area contributed by atoms with E-state index >= 15 is 0 Å². The molecule has 1 aliphatic rings. The molecule has 4 aromatic carbocycles. The first-order valence-corrected chi connectivity index (χ1v) is 15.8. The summed E-state index contributed by atoms with van der Waals surface area (Å²) in [7, 11) is 1.36. The number of amides is 1. The van der Waals surface area contributed by atoms with Crippen LogP contribution in [-0.4, -0.2) is 39.2 Å². The van der Waals surface area contributed by atoms with Crippen LogP contribution in [0.25, 0.3) is 16.5 Å². The van der Waals surface area contributed by atoms with E-state index in [9.17, 15) is 24.2 Å². The number of carbonyl (C=O) groups is 2. The number of aromatic hydroxyl groups is 1. The predicted octanol–water partition coefficient (Wildman–Crippen LogP) is 7.53. The van der Waals surface area contributed by atoms with Crippen molar-refractivity contribution in [2.75, 3.05) is 12.0 Å². The maximum atomic E-state index is 14.5. The van der Waals surface area contributed by atoms with E-state index < -0.39 is 29.3 Å². The number of aryl methyl sites for hydroxylation is 1. The molecule has 1 atom stereocenters. The van der Waals surface area contributed by atoms with Crippen molar-refractivity contribution in [2.45, 2.75) is 23.1 Å². The fourth-order valence-electron chi connectivity index (χ4n) is 5.06. The number of anilines is 1. The van der Waals surface area contributed by atoms with Gasteiger partial charge in [0.25, 0.3) is 5.78 Å². The van der Waals surface area contributed by atoms with E-state index in [0.717, 1.165) is 38.6 Å². The number of hydrogen-bond acceptors (Lipinski definition) is 9. The van der Waals surface area contributed by atoms with Crippen molar-refractivity contribution in [1.82, 2.24) is 10.2 Å². The average Bonchev–Trinajstić information content (AvgIpc) is 3.60. The van der Waals surface area contributed by atoms with Gasteiger partial charge in [-0.3, -0.25) is 14.5 Å². The zero-order valence-corrected chi connectivity index (χ0v) is 26.5. The predicted molar refractivity (Wildman–Crippen MR) is 172 cm³/mol. The van der Waals surface area contributed by atoms with Gasteiger partial charge in [0.2, 0.25) is 5.13 Å². The molecule has 0 unspecified atom stereocenters. The van der Waals surface area contributed by atoms with Gasteiger partial charge < -0.3 is 14.9 Å². The second-order valence-electron chi connectivity index (χ2n) is 9.96. The number of nitrogens with zero attached hydrogens (tertiary/aromatic N) is 3. The molecule has 0 aliphatic carbocycles. The monoisotopic (exact) mass is 691 g/mol. The number of phenols is 1. The summed E-state index contributed by atoms with van der Waals surface area (Å²) in [5.74, 6) is -2.55. The molecule has 44 heavy (non-hydrogen) atoms. The minimum absolute atomic E-state index is 0.0319. The third kappa shape index (κ3) is 5.33. The van der Waals surface area contributed by atoms with Crippen LogP contribution < -0.4 is 9.64 Å². The fraction of sp³-hybridized carbons (Fsp3) is 0.125. The lowest BCUT2D eigenvalue weighted by molar-refractivity contribution is -0.132. The number of aliphatic hydroxyl groups is 1. The van der Waals surface area contributed by atoms with Crippen molar-refractivity contribution < 1.29 is 28.9 Å². The van der Waals surface area contributed by atoms with Gasteiger partial charge >= 0.3 is 5.91 Å². The largest absolute Gasteiger partial charge is 0.507 e. The molecule has 1 aromatic heterocycles. The summed E-state index contributed by atoms with van der Waals surface area (Å²) in [6.45, 7) is 1.57. The van der Waals surface area contributed by atoms with Crippen molar-refractivity contribution in [3.8, 4) is 11.5 Å². The Morgan fingerprint density at radius 1 is 1.09 bits per heavy atom. The van der Waals surface area contributed by atoms with E-state index in [2.05, 4.69) is 32.2 Å². The minimum Gasteiger partial charge on any atom is -0.507 e. The Kier molecular flexibility index (Phi) is 8.14. The number of Topliss-reactive ketones (excluding diaryl/α,β-unsaturated/α-hetero) is 1. The minimum atomic E-state index is -1.19. The normalized spacial score (nSPS) is 16.2. The van der Waals surface area contributed by atoms with Gasteiger partial charge in [-0.25, -0.2) is 4.39 Å². The standard InChI is InChI=1S/C32H23BrFN3O5S2/c1-16-10-11-18(13-23(16)34)27(38)25-26(20-12-22(33)28(39)24(14-20)42-2)37(30(41)29(25)40)31-35-36-32(44-31)43-15-19-8-5-7-17-6-3-4-9-21(17)19/h3-14,26,38-39H,15H2,1-2H3/t26-/m1/s1. The van der Waals surface area contributed by atoms with Crippen molar-refractivity contribution in [3.63, 3.8) is 0 Å². The van der Waals surface area contributed by atoms with Crippen LogP contribution >= 0.6 is 39.0 Å². The Balaban J connectivity index is 1.42. The first-order valence-electron chi connectivity index (χ1n) is 13.2. The number of ether oxygens (including phenoxy) is 1. The van der Waals surface area contributed by atoms with Crippen LogP contribution in [0.3, 0.4) is 0 Å². The van der Waals surface area contributed by atoms with Gasteiger partial charge in [-0.15, -0.1) is 10.2 Å². The lowest BCUT2D eigenvalue weighted by atomic mass is 9.94. The van der Waals surface area contributed by atoms with Crippen molar-refractivity contribution in [1.29, 1.82) is 0 Å². The smallest absolute Gasteiger partial charge is 0.301 e. The highest BCUT2D eigenvalue weighted by Crippen LogP contribution is 2.47. The average molecular weight is 693 g/mol. The Labute approximate surface area is 267 Å². The zero-order chi connectivity index (χ0) is 31.1. The topological polar surface area (TPSA) is 113 Å². The van der Waals surface area contributed by atoms with E-state index in [-0.39, 0.29) is 32.2 Å². The van der Waals surface area contributed by atoms with Crippen LogP contribution in [0.5, 0.6) is 11.5 Å². The van der Waals surface area contributed by atoms with Gasteiger partial charge in [0.05, 0.1) is 23.2 Å². The van der Waals surface area contributed by atoms with E-state index in [1.807, 2.05) is 36.4 Å². The molecule has 6 rings (SSSR count). The van der Waals surface area contributed by atoms with Crippen LogP contribution in [-0.2, 0) is 15.3 Å². The van der Waals surface area contributed by atoms with Gasteiger partial charge in [-0.1, -0.05) is 77.7 Å². The van der Waals surface area contributed by atoms with Gasteiger partial charge in [-0.2, -0.15) is 0 Å². The number of benzene rings is 4. The van der Waals surface area contributed by atoms with E-state index in [1.54, 1.807) is 6.92 Å². The summed E-state index contributed by atoms with van der Waals surface area (Å²) in [5.41, 5.74) is 1.56. The lowest BCUT2D eigenvalue weighted by Gasteiger charge is -2.23. The summed E-state index contributed by atoms with van der Waals surface area (Å²) in [5, 5.41) is 32.7. The second kappa shape index (κ2) is 12.0. The second-order valence-corrected chi connectivity index (χ2v) is 13.0. The Bertz CT molecular complexity index is 1990. The third-order valence-electron chi connectivity index (χ3n) is 7.31. The molecule has 222 valence electrons. The SMILES string of the molecule is COc1cc([C@@H]2C(=C(O)c3ccc(C)c(F)c3)C(=O)C(=O)N2c2nnc(SCc3cccc4ccccc34)s2)cc(Br)c1O. The molecule has 1 saturated heterocycles. The first kappa shape index (κ1) is 29.8. The summed E-state index contributed by atoms with van der Waals surface area (Å²) in [6.07, 6.45) is 0. The first-order chi connectivity index (χ1) is 21.2. The van der Waals surface area contributed by atoms with Crippen LogP contribution in [0, 0.1) is 12.7 Å². The zero-order valence-electron chi connectivity index (χ0n) is 23.2. The molecule has 0 bridgehead atoms. The molecular weight excluding hydrogens is 669 g/mol. The highest BCUT2D eigenvalue weighted by atomic mass is 79.9. The lowest BCUT2D eigenvalue weighted by Crippen LogP contribution is -2.29. The maximum Gasteiger partial charge on any atom is 0.301 e. The Morgan fingerprint density at radius 3 is 2.64 bits per heavy atom. The van der Waals surface area contributed by atoms with Gasteiger partial charge in [0, 0.05) is 11.3 Å². The molecule has 1 fully saturated rings. The number of rotatable bonds is 7. The summed E-state index contributed by atoms with van der Waals surface area (Å²) >= 11 is 5.87. The molecule has 5 aromatic rings. The summed E-state index contributed by atoms with van der Waals surface area (Å²) in [4.78, 5) is 28.3. The summed E-state index contributed by atoms with van der Waals surface area (Å²) < 4.78 is 20.6. The molecule has 2 heterocycles. The molecule has 0 spiro atoms. The van der Waals surface area contributed by atoms with Crippen LogP contribution in [0.4, 0.5) is 9.52 Å². The molecule has 12 heteroatoms. The van der Waals surface area contributed by atoms with Gasteiger partial charge in [0.15, 0.2) is 15.8 Å². The molecule has 1 amide bonds. The van der Waals surface area contributed by atoms with Gasteiger partial charge in [-0.05, 0) is 68.5 Å². The number of aliphatic hydroxyl groups excluding tert-OH is 1. The number of carbonyl (C=O) groups excluding carboxylic acids is 2. The van der Waals surface area contributed by atoms with Crippen molar-refractivity contribution >= 4 is 72.4 Å². The highest BCUT2D eigenvalue weighted by Gasteiger charge is 2.48. The van der Waals surface area contributed by atoms with Crippen molar-refractivity contribution in [3.05, 3.63) is 111 Å². The Morgan fingerprint density at radius 2 is 1.86 bits per heavy atom. The number of fused-ring (bicyclic) bond motifs is 1. The number of methoxy groups -OCH3 is 1. The van der Waals surface area contributed by atoms with Crippen LogP contribution in [0.1, 0.15) is 28.3 Å². The number of halogens is 2. The number of thioether (sulfide) groups is 1. The molecule has 1 aliphatic heterocycles. The number of phenolic OH excluding ortho intramolecular Hbond substituents is 1. The highest BCUT2D eigenvalue weighted by molar-refractivity contribution is 9.10. The fourth-order valence-corrected chi connectivity index (χ4v) is 7.40. The number of aromatic nitrogens is 2. The third-order valence-corrected chi connectivity index (χ3v) is 10.0. The number of hydrogen-bond donors (Lipinski definition) is 2. The van der Waals surface area contributed by atoms with Gasteiger partial charge in [0.1, 0.15) is 11.6 Å². The van der Waals surface area contributed by atoms with Crippen LogP contribution in [0.2, 0.25) is 0 Å². The van der Waals surface area contributed by atoms with E-state index in [1.165, 1.54) is 43.1 Å². The summed E-state index contributed by atoms with van der Waals surface area (Å²) in [6, 6.07) is 20.0. The van der Waals surface area contributed by atoms with Crippen LogP contribution in [0.15, 0.2) is 87.2 Å². The van der Waals surface area contributed by atoms with E-state index in [0.29, 0.717) is 21.2 Å².